The molecule has 104 valence electrons. The summed E-state index contributed by atoms with van der Waals surface area (Å²) in [5, 5.41) is 12.4. The van der Waals surface area contributed by atoms with Crippen LogP contribution in [0.2, 0.25) is 0 Å². The maximum absolute atomic E-state index is 9.03. The second-order valence-corrected chi connectivity index (χ2v) is 4.99. The Kier molecular flexibility index (Phi) is 4.80. The van der Waals surface area contributed by atoms with E-state index >= 15 is 0 Å². The SMILES string of the molecule is CC(C)OCCOc1ccc2c(c1)/C(=N\O)CCC2. The van der Waals surface area contributed by atoms with Crippen molar-refractivity contribution in [3.8, 4) is 5.75 Å². The molecule has 0 aliphatic heterocycles. The van der Waals surface area contributed by atoms with Crippen LogP contribution in [0.3, 0.4) is 0 Å². The van der Waals surface area contributed by atoms with Gasteiger partial charge in [0, 0.05) is 5.56 Å². The topological polar surface area (TPSA) is 51.0 Å². The maximum atomic E-state index is 9.03. The first-order valence-corrected chi connectivity index (χ1v) is 6.79. The lowest BCUT2D eigenvalue weighted by Crippen LogP contribution is -2.14. The first kappa shape index (κ1) is 13.9. The number of benzene rings is 1. The zero-order valence-corrected chi connectivity index (χ0v) is 11.6. The summed E-state index contributed by atoms with van der Waals surface area (Å²) in [6, 6.07) is 5.98. The molecule has 0 saturated heterocycles. The lowest BCUT2D eigenvalue weighted by Gasteiger charge is -2.18. The fourth-order valence-electron chi connectivity index (χ4n) is 2.26. The van der Waals surface area contributed by atoms with E-state index < -0.39 is 0 Å². The normalized spacial score (nSPS) is 16.7. The van der Waals surface area contributed by atoms with E-state index in [4.69, 9.17) is 14.7 Å². The van der Waals surface area contributed by atoms with Crippen molar-refractivity contribution in [2.45, 2.75) is 39.2 Å². The Labute approximate surface area is 114 Å². The number of ether oxygens (including phenoxy) is 2. The smallest absolute Gasteiger partial charge is 0.120 e. The quantitative estimate of drug-likeness (QED) is 0.505. The van der Waals surface area contributed by atoms with Crippen molar-refractivity contribution in [1.82, 2.24) is 0 Å². The van der Waals surface area contributed by atoms with E-state index in [2.05, 4.69) is 11.2 Å². The Morgan fingerprint density at radius 2 is 2.11 bits per heavy atom. The number of aryl methyl sites for hydroxylation is 1. The number of hydrogen-bond donors (Lipinski definition) is 1. The van der Waals surface area contributed by atoms with Crippen molar-refractivity contribution in [2.75, 3.05) is 13.2 Å². The molecule has 4 heteroatoms. The highest BCUT2D eigenvalue weighted by Crippen LogP contribution is 2.25. The van der Waals surface area contributed by atoms with Gasteiger partial charge in [0.15, 0.2) is 0 Å². The zero-order valence-electron chi connectivity index (χ0n) is 11.6. The van der Waals surface area contributed by atoms with Crippen molar-refractivity contribution < 1.29 is 14.7 Å². The van der Waals surface area contributed by atoms with E-state index in [1.807, 2.05) is 26.0 Å². The largest absolute Gasteiger partial charge is 0.491 e. The molecule has 0 heterocycles. The minimum absolute atomic E-state index is 0.222. The molecule has 0 saturated carbocycles. The number of rotatable bonds is 5. The molecule has 1 aliphatic rings. The van der Waals surface area contributed by atoms with Gasteiger partial charge in [0.25, 0.3) is 0 Å². The summed E-state index contributed by atoms with van der Waals surface area (Å²) in [7, 11) is 0. The summed E-state index contributed by atoms with van der Waals surface area (Å²) in [4.78, 5) is 0. The van der Waals surface area contributed by atoms with Gasteiger partial charge in [0.05, 0.1) is 18.4 Å². The van der Waals surface area contributed by atoms with Crippen LogP contribution in [-0.2, 0) is 11.2 Å². The van der Waals surface area contributed by atoms with Crippen molar-refractivity contribution in [1.29, 1.82) is 0 Å². The highest BCUT2D eigenvalue weighted by Gasteiger charge is 2.16. The summed E-state index contributed by atoms with van der Waals surface area (Å²) in [5.74, 6) is 0.800. The van der Waals surface area contributed by atoms with E-state index in [0.717, 1.165) is 36.3 Å². The van der Waals surface area contributed by atoms with E-state index in [0.29, 0.717) is 13.2 Å². The first-order valence-electron chi connectivity index (χ1n) is 6.79. The highest BCUT2D eigenvalue weighted by atomic mass is 16.5. The Morgan fingerprint density at radius 1 is 1.26 bits per heavy atom. The van der Waals surface area contributed by atoms with Gasteiger partial charge in [-0.25, -0.2) is 0 Å². The maximum Gasteiger partial charge on any atom is 0.120 e. The first-order chi connectivity index (χ1) is 9.20. The van der Waals surface area contributed by atoms with Crippen LogP contribution in [0.25, 0.3) is 0 Å². The molecule has 0 radical (unpaired) electrons. The standard InChI is InChI=1S/C15H21NO3/c1-11(2)18-8-9-19-13-7-6-12-4-3-5-15(16-17)14(12)10-13/h6-7,10-11,17H,3-5,8-9H2,1-2H3/b16-15-. The molecule has 0 aromatic heterocycles. The Balaban J connectivity index is 2.00. The zero-order chi connectivity index (χ0) is 13.7. The van der Waals surface area contributed by atoms with E-state index in [9.17, 15) is 0 Å². The number of fused-ring (bicyclic) bond motifs is 1. The van der Waals surface area contributed by atoms with Gasteiger partial charge in [-0.1, -0.05) is 11.2 Å². The summed E-state index contributed by atoms with van der Waals surface area (Å²) in [5.41, 5.74) is 2.99. The number of nitrogens with zero attached hydrogens (tertiary/aromatic N) is 1. The molecule has 0 unspecified atom stereocenters. The van der Waals surface area contributed by atoms with Gasteiger partial charge < -0.3 is 14.7 Å². The molecule has 1 N–H and O–H groups in total. The average Bonchev–Trinajstić information content (AvgIpc) is 2.42. The molecule has 1 aromatic carbocycles. The predicted molar refractivity (Wildman–Crippen MR) is 74.3 cm³/mol. The van der Waals surface area contributed by atoms with Crippen molar-refractivity contribution >= 4 is 5.71 Å². The van der Waals surface area contributed by atoms with Gasteiger partial charge in [0.1, 0.15) is 12.4 Å². The van der Waals surface area contributed by atoms with Gasteiger partial charge in [-0.15, -0.1) is 0 Å². The van der Waals surface area contributed by atoms with Crippen molar-refractivity contribution in [3.63, 3.8) is 0 Å². The van der Waals surface area contributed by atoms with Crippen LogP contribution >= 0.6 is 0 Å². The Bertz CT molecular complexity index is 455. The monoisotopic (exact) mass is 263 g/mol. The second kappa shape index (κ2) is 6.57. The molecule has 4 nitrogen and oxygen atoms in total. The Morgan fingerprint density at radius 3 is 2.84 bits per heavy atom. The summed E-state index contributed by atoms with van der Waals surface area (Å²) < 4.78 is 11.1. The number of oxime groups is 1. The molecule has 0 fully saturated rings. The molecule has 0 spiro atoms. The van der Waals surface area contributed by atoms with Crippen molar-refractivity contribution in [3.05, 3.63) is 29.3 Å². The Hall–Kier alpha value is -1.55. The summed E-state index contributed by atoms with van der Waals surface area (Å²) in [6.45, 7) is 5.12. The highest BCUT2D eigenvalue weighted by molar-refractivity contribution is 6.02. The number of hydrogen-bond acceptors (Lipinski definition) is 4. The second-order valence-electron chi connectivity index (χ2n) is 4.99. The van der Waals surface area contributed by atoms with Crippen LogP contribution in [0.4, 0.5) is 0 Å². The van der Waals surface area contributed by atoms with Gasteiger partial charge in [-0.3, -0.25) is 0 Å². The van der Waals surface area contributed by atoms with Gasteiger partial charge in [-0.05, 0) is 50.8 Å². The van der Waals surface area contributed by atoms with Crippen LogP contribution in [0, 0.1) is 0 Å². The van der Waals surface area contributed by atoms with Gasteiger partial charge >= 0.3 is 0 Å². The average molecular weight is 263 g/mol. The van der Waals surface area contributed by atoms with Gasteiger partial charge in [-0.2, -0.15) is 0 Å². The molecule has 2 rings (SSSR count). The third-order valence-electron chi connectivity index (χ3n) is 3.18. The summed E-state index contributed by atoms with van der Waals surface area (Å²) in [6.07, 6.45) is 3.11. The van der Waals surface area contributed by atoms with Crippen LogP contribution in [0.5, 0.6) is 5.75 Å². The van der Waals surface area contributed by atoms with Crippen LogP contribution in [0.15, 0.2) is 23.4 Å². The predicted octanol–water partition coefficient (Wildman–Crippen LogP) is 3.01. The molecule has 0 amide bonds. The lowest BCUT2D eigenvalue weighted by atomic mass is 9.90. The molecule has 0 atom stereocenters. The molecular formula is C15H21NO3. The molecule has 0 bridgehead atoms. The fraction of sp³-hybridized carbons (Fsp3) is 0.533. The molecule has 19 heavy (non-hydrogen) atoms. The van der Waals surface area contributed by atoms with E-state index in [1.54, 1.807) is 0 Å². The van der Waals surface area contributed by atoms with Crippen LogP contribution in [-0.4, -0.2) is 30.2 Å². The van der Waals surface area contributed by atoms with E-state index in [-0.39, 0.29) is 6.10 Å². The van der Waals surface area contributed by atoms with Crippen LogP contribution < -0.4 is 4.74 Å². The molecule has 1 aliphatic carbocycles. The van der Waals surface area contributed by atoms with Gasteiger partial charge in [0.2, 0.25) is 0 Å². The minimum Gasteiger partial charge on any atom is -0.491 e. The third kappa shape index (κ3) is 3.70. The van der Waals surface area contributed by atoms with Crippen molar-refractivity contribution in [2.24, 2.45) is 5.16 Å². The molecular weight excluding hydrogens is 242 g/mol. The lowest BCUT2D eigenvalue weighted by molar-refractivity contribution is 0.0552. The minimum atomic E-state index is 0.222. The molecule has 1 aromatic rings. The fourth-order valence-corrected chi connectivity index (χ4v) is 2.26. The van der Waals surface area contributed by atoms with Crippen LogP contribution in [0.1, 0.15) is 37.8 Å². The summed E-state index contributed by atoms with van der Waals surface area (Å²) >= 11 is 0. The van der Waals surface area contributed by atoms with E-state index in [1.165, 1.54) is 5.56 Å². The third-order valence-corrected chi connectivity index (χ3v) is 3.18.